The summed E-state index contributed by atoms with van der Waals surface area (Å²) in [6, 6.07) is 5.79. The average Bonchev–Trinajstić information content (AvgIpc) is 3.21. The molecule has 0 atom stereocenters. The summed E-state index contributed by atoms with van der Waals surface area (Å²) in [4.78, 5) is 16.0. The normalized spacial score (nSPS) is 12.9. The van der Waals surface area contributed by atoms with Crippen LogP contribution in [-0.2, 0) is 12.8 Å². The molecule has 0 bridgehead atoms. The van der Waals surface area contributed by atoms with Gasteiger partial charge in [0.2, 0.25) is 0 Å². The van der Waals surface area contributed by atoms with Crippen molar-refractivity contribution < 1.29 is 9.90 Å². The van der Waals surface area contributed by atoms with Gasteiger partial charge in [-0.25, -0.2) is 0 Å². The second kappa shape index (κ2) is 6.13. The average molecular weight is 324 g/mol. The van der Waals surface area contributed by atoms with Crippen LogP contribution >= 0.6 is 0 Å². The van der Waals surface area contributed by atoms with Gasteiger partial charge in [0.25, 0.3) is 5.91 Å². The SMILES string of the molecule is O=C(NCCCCO)c1cccc2[nH]c3c(c12)CCc1cn[nH]c1-3. The van der Waals surface area contributed by atoms with E-state index in [0.717, 1.165) is 41.6 Å². The topological polar surface area (TPSA) is 93.8 Å². The van der Waals surface area contributed by atoms with Crippen LogP contribution in [0.3, 0.4) is 0 Å². The van der Waals surface area contributed by atoms with Crippen molar-refractivity contribution in [3.63, 3.8) is 0 Å². The minimum Gasteiger partial charge on any atom is -0.396 e. The zero-order valence-corrected chi connectivity index (χ0v) is 13.4. The third kappa shape index (κ3) is 2.39. The molecule has 2 aromatic heterocycles. The molecular weight excluding hydrogens is 304 g/mol. The predicted octanol–water partition coefficient (Wildman–Crippen LogP) is 2.16. The molecule has 6 heteroatoms. The Balaban J connectivity index is 1.72. The monoisotopic (exact) mass is 324 g/mol. The van der Waals surface area contributed by atoms with Crippen LogP contribution in [0.2, 0.25) is 0 Å². The minimum absolute atomic E-state index is 0.0595. The Kier molecular flexibility index (Phi) is 3.82. The van der Waals surface area contributed by atoms with Gasteiger partial charge in [0.15, 0.2) is 0 Å². The van der Waals surface area contributed by atoms with Crippen LogP contribution in [0, 0.1) is 0 Å². The molecule has 1 amide bonds. The summed E-state index contributed by atoms with van der Waals surface area (Å²) in [5.74, 6) is -0.0595. The van der Waals surface area contributed by atoms with Crippen molar-refractivity contribution in [3.05, 3.63) is 41.1 Å². The summed E-state index contributed by atoms with van der Waals surface area (Å²) in [6.45, 7) is 0.733. The molecule has 4 rings (SSSR count). The van der Waals surface area contributed by atoms with Crippen molar-refractivity contribution in [2.24, 2.45) is 0 Å². The number of aryl methyl sites for hydroxylation is 2. The number of carbonyl (C=O) groups excluding carboxylic acids is 1. The summed E-state index contributed by atoms with van der Waals surface area (Å²) in [7, 11) is 0. The third-order valence-electron chi connectivity index (χ3n) is 4.65. The Hall–Kier alpha value is -2.60. The molecule has 124 valence electrons. The first kappa shape index (κ1) is 15.0. The Morgan fingerprint density at radius 3 is 3.04 bits per heavy atom. The first-order valence-electron chi connectivity index (χ1n) is 8.35. The van der Waals surface area contributed by atoms with E-state index in [1.807, 2.05) is 24.4 Å². The summed E-state index contributed by atoms with van der Waals surface area (Å²) in [5.41, 5.74) is 6.15. The summed E-state index contributed by atoms with van der Waals surface area (Å²) in [5, 5.41) is 20.0. The summed E-state index contributed by atoms with van der Waals surface area (Å²) < 4.78 is 0. The fourth-order valence-electron chi connectivity index (χ4n) is 3.48. The highest BCUT2D eigenvalue weighted by Crippen LogP contribution is 2.37. The molecule has 1 aliphatic rings. The molecule has 0 saturated carbocycles. The largest absolute Gasteiger partial charge is 0.396 e. The van der Waals surface area contributed by atoms with Gasteiger partial charge < -0.3 is 15.4 Å². The van der Waals surface area contributed by atoms with Crippen LogP contribution in [0.15, 0.2) is 24.4 Å². The number of benzene rings is 1. The summed E-state index contributed by atoms with van der Waals surface area (Å²) in [6.07, 6.45) is 5.18. The van der Waals surface area contributed by atoms with E-state index in [2.05, 4.69) is 20.5 Å². The molecule has 1 aromatic carbocycles. The second-order valence-electron chi connectivity index (χ2n) is 6.16. The maximum Gasteiger partial charge on any atom is 0.251 e. The highest BCUT2D eigenvalue weighted by Gasteiger charge is 2.24. The van der Waals surface area contributed by atoms with E-state index in [1.54, 1.807) is 0 Å². The van der Waals surface area contributed by atoms with Crippen molar-refractivity contribution in [1.29, 1.82) is 0 Å². The number of amides is 1. The Labute approximate surface area is 139 Å². The van der Waals surface area contributed by atoms with Gasteiger partial charge in [-0.1, -0.05) is 6.07 Å². The number of unbranched alkanes of at least 4 members (excludes halogenated alkanes) is 1. The number of fused-ring (bicyclic) bond motifs is 5. The lowest BCUT2D eigenvalue weighted by atomic mass is 9.92. The van der Waals surface area contributed by atoms with Gasteiger partial charge in [-0.05, 0) is 48.9 Å². The molecule has 0 radical (unpaired) electrons. The Morgan fingerprint density at radius 2 is 2.17 bits per heavy atom. The van der Waals surface area contributed by atoms with Gasteiger partial charge in [-0.15, -0.1) is 0 Å². The van der Waals surface area contributed by atoms with Crippen LogP contribution in [-0.4, -0.2) is 39.3 Å². The van der Waals surface area contributed by atoms with Crippen molar-refractivity contribution in [1.82, 2.24) is 20.5 Å². The fourth-order valence-corrected chi connectivity index (χ4v) is 3.48. The molecule has 6 nitrogen and oxygen atoms in total. The summed E-state index contributed by atoms with van der Waals surface area (Å²) >= 11 is 0. The quantitative estimate of drug-likeness (QED) is 0.542. The molecule has 1 aliphatic carbocycles. The van der Waals surface area contributed by atoms with Gasteiger partial charge >= 0.3 is 0 Å². The smallest absolute Gasteiger partial charge is 0.251 e. The number of aliphatic hydroxyl groups is 1. The number of nitrogens with one attached hydrogen (secondary N) is 3. The zero-order chi connectivity index (χ0) is 16.5. The third-order valence-corrected chi connectivity index (χ3v) is 4.65. The first-order chi connectivity index (χ1) is 11.8. The van der Waals surface area contributed by atoms with E-state index in [-0.39, 0.29) is 12.5 Å². The van der Waals surface area contributed by atoms with E-state index >= 15 is 0 Å². The van der Waals surface area contributed by atoms with Crippen molar-refractivity contribution in [2.45, 2.75) is 25.7 Å². The molecule has 24 heavy (non-hydrogen) atoms. The lowest BCUT2D eigenvalue weighted by Crippen LogP contribution is -2.25. The van der Waals surface area contributed by atoms with Gasteiger partial charge in [-0.2, -0.15) is 5.10 Å². The number of carbonyl (C=O) groups is 1. The molecule has 3 aromatic rings. The standard InChI is InChI=1S/C18H20N4O2/c23-9-2-1-8-19-18(24)13-4-3-5-14-15(13)12-7-6-11-10-20-22-16(11)17(12)21-14/h3-5,10,21,23H,1-2,6-9H2,(H,19,24)(H,20,22). The van der Waals surface area contributed by atoms with E-state index in [1.165, 1.54) is 11.1 Å². The lowest BCUT2D eigenvalue weighted by Gasteiger charge is -2.12. The number of H-pyrrole nitrogens is 2. The molecule has 2 heterocycles. The van der Waals surface area contributed by atoms with Crippen LogP contribution in [0.4, 0.5) is 0 Å². The second-order valence-corrected chi connectivity index (χ2v) is 6.16. The Bertz CT molecular complexity index is 894. The molecule has 0 spiro atoms. The first-order valence-corrected chi connectivity index (χ1v) is 8.35. The van der Waals surface area contributed by atoms with Crippen molar-refractivity contribution in [3.8, 4) is 11.4 Å². The van der Waals surface area contributed by atoms with Gasteiger partial charge in [-0.3, -0.25) is 9.89 Å². The van der Waals surface area contributed by atoms with Gasteiger partial charge in [0.05, 0.1) is 17.6 Å². The fraction of sp³-hybridized carbons (Fsp3) is 0.333. The molecule has 0 saturated heterocycles. The molecule has 0 fully saturated rings. The minimum atomic E-state index is -0.0595. The van der Waals surface area contributed by atoms with Crippen LogP contribution in [0.1, 0.15) is 34.3 Å². The Morgan fingerprint density at radius 1 is 1.25 bits per heavy atom. The number of aromatic nitrogens is 3. The maximum atomic E-state index is 12.6. The van der Waals surface area contributed by atoms with Crippen molar-refractivity contribution in [2.75, 3.05) is 13.2 Å². The van der Waals surface area contributed by atoms with Crippen LogP contribution < -0.4 is 5.32 Å². The highest BCUT2D eigenvalue weighted by molar-refractivity contribution is 6.09. The number of aromatic amines is 2. The highest BCUT2D eigenvalue weighted by atomic mass is 16.2. The molecule has 4 N–H and O–H groups in total. The zero-order valence-electron chi connectivity index (χ0n) is 13.4. The number of nitrogens with zero attached hydrogens (tertiary/aromatic N) is 1. The van der Waals surface area contributed by atoms with Gasteiger partial charge in [0.1, 0.15) is 0 Å². The van der Waals surface area contributed by atoms with E-state index in [9.17, 15) is 4.79 Å². The van der Waals surface area contributed by atoms with E-state index in [4.69, 9.17) is 5.11 Å². The molecular formula is C18H20N4O2. The predicted molar refractivity (Wildman–Crippen MR) is 91.9 cm³/mol. The number of hydrogen-bond donors (Lipinski definition) is 4. The van der Waals surface area contributed by atoms with Crippen molar-refractivity contribution >= 4 is 16.8 Å². The number of aliphatic hydroxyl groups excluding tert-OH is 1. The molecule has 0 unspecified atom stereocenters. The van der Waals surface area contributed by atoms with Crippen LogP contribution in [0.5, 0.6) is 0 Å². The van der Waals surface area contributed by atoms with E-state index in [0.29, 0.717) is 18.5 Å². The van der Waals surface area contributed by atoms with E-state index < -0.39 is 0 Å². The van der Waals surface area contributed by atoms with Gasteiger partial charge in [0, 0.05) is 29.6 Å². The van der Waals surface area contributed by atoms with Crippen LogP contribution in [0.25, 0.3) is 22.3 Å². The maximum absolute atomic E-state index is 12.6. The lowest BCUT2D eigenvalue weighted by molar-refractivity contribution is 0.0953. The number of rotatable bonds is 5. The molecule has 0 aliphatic heterocycles. The number of hydrogen-bond acceptors (Lipinski definition) is 3.